The van der Waals surface area contributed by atoms with Crippen molar-refractivity contribution < 1.29 is 0 Å². The third-order valence-electron chi connectivity index (χ3n) is 3.26. The molecule has 0 unspecified atom stereocenters. The minimum Gasteiger partial charge on any atom is -0.307 e. The van der Waals surface area contributed by atoms with Crippen LogP contribution in [-0.2, 0) is 19.5 Å². The Balaban J connectivity index is 1.62. The Morgan fingerprint density at radius 3 is 2.84 bits per heavy atom. The summed E-state index contributed by atoms with van der Waals surface area (Å²) in [5.74, 6) is 0. The minimum absolute atomic E-state index is 0.812. The number of aryl methyl sites for hydroxylation is 1. The molecule has 3 aromatic rings. The first-order valence-electron chi connectivity index (χ1n) is 6.55. The van der Waals surface area contributed by atoms with Crippen LogP contribution in [-0.4, -0.2) is 9.38 Å². The van der Waals surface area contributed by atoms with Crippen LogP contribution >= 0.6 is 11.3 Å². The van der Waals surface area contributed by atoms with Gasteiger partial charge in [-0.05, 0) is 17.5 Å². The van der Waals surface area contributed by atoms with E-state index in [0.717, 1.165) is 30.2 Å². The number of aromatic nitrogens is 2. The molecule has 0 radical (unpaired) electrons. The van der Waals surface area contributed by atoms with E-state index in [1.807, 2.05) is 6.20 Å². The van der Waals surface area contributed by atoms with Gasteiger partial charge in [0, 0.05) is 30.9 Å². The first kappa shape index (κ1) is 12.4. The smallest absolute Gasteiger partial charge is 0.193 e. The van der Waals surface area contributed by atoms with Gasteiger partial charge in [-0.2, -0.15) is 0 Å². The summed E-state index contributed by atoms with van der Waals surface area (Å²) in [4.78, 5) is 5.63. The predicted molar refractivity (Wildman–Crippen MR) is 79.4 cm³/mol. The van der Waals surface area contributed by atoms with Crippen molar-refractivity contribution in [2.75, 3.05) is 0 Å². The Kier molecular flexibility index (Phi) is 3.62. The zero-order valence-electron chi connectivity index (χ0n) is 11.0. The van der Waals surface area contributed by atoms with E-state index >= 15 is 0 Å². The molecule has 2 heterocycles. The molecule has 0 amide bonds. The van der Waals surface area contributed by atoms with Crippen molar-refractivity contribution in [3.8, 4) is 0 Å². The molecular formula is C15H17N3S. The van der Waals surface area contributed by atoms with Crippen LogP contribution in [0.25, 0.3) is 4.96 Å². The van der Waals surface area contributed by atoms with Crippen molar-refractivity contribution in [1.82, 2.24) is 14.7 Å². The van der Waals surface area contributed by atoms with E-state index in [9.17, 15) is 0 Å². The van der Waals surface area contributed by atoms with Gasteiger partial charge in [0.2, 0.25) is 0 Å². The monoisotopic (exact) mass is 271 g/mol. The van der Waals surface area contributed by atoms with Crippen molar-refractivity contribution in [3.63, 3.8) is 0 Å². The second-order valence-electron chi connectivity index (χ2n) is 4.55. The predicted octanol–water partition coefficient (Wildman–Crippen LogP) is 3.25. The zero-order chi connectivity index (χ0) is 13.1. The Morgan fingerprint density at radius 1 is 1.21 bits per heavy atom. The number of imidazole rings is 1. The van der Waals surface area contributed by atoms with E-state index in [1.54, 1.807) is 11.3 Å². The van der Waals surface area contributed by atoms with Crippen molar-refractivity contribution in [2.45, 2.75) is 26.4 Å². The first-order chi connectivity index (χ1) is 9.36. The molecule has 98 valence electrons. The van der Waals surface area contributed by atoms with Crippen LogP contribution in [0.4, 0.5) is 0 Å². The number of fused-ring (bicyclic) bond motifs is 1. The molecule has 19 heavy (non-hydrogen) atoms. The fourth-order valence-electron chi connectivity index (χ4n) is 2.26. The average molecular weight is 271 g/mol. The van der Waals surface area contributed by atoms with Crippen LogP contribution in [0.15, 0.2) is 42.0 Å². The Hall–Kier alpha value is -1.65. The van der Waals surface area contributed by atoms with Gasteiger partial charge in [0.15, 0.2) is 4.96 Å². The van der Waals surface area contributed by atoms with E-state index in [0.29, 0.717) is 0 Å². The molecule has 3 rings (SSSR count). The summed E-state index contributed by atoms with van der Waals surface area (Å²) in [6.45, 7) is 3.91. The van der Waals surface area contributed by atoms with Crippen LogP contribution in [0.3, 0.4) is 0 Å². The highest BCUT2D eigenvalue weighted by molar-refractivity contribution is 7.15. The standard InChI is InChI=1S/C15H17N3S/c1-2-12-5-3-4-6-13(12)9-16-10-14-11-18-7-8-19-15(18)17-14/h3-8,11,16H,2,9-10H2,1H3. The lowest BCUT2D eigenvalue weighted by Crippen LogP contribution is -2.14. The molecule has 2 aromatic heterocycles. The van der Waals surface area contributed by atoms with Gasteiger partial charge >= 0.3 is 0 Å². The molecule has 1 aromatic carbocycles. The minimum atomic E-state index is 0.812. The highest BCUT2D eigenvalue weighted by atomic mass is 32.1. The topological polar surface area (TPSA) is 29.3 Å². The van der Waals surface area contributed by atoms with Gasteiger partial charge < -0.3 is 5.32 Å². The van der Waals surface area contributed by atoms with Gasteiger partial charge in [0.1, 0.15) is 0 Å². The zero-order valence-corrected chi connectivity index (χ0v) is 11.8. The maximum absolute atomic E-state index is 4.57. The second-order valence-corrected chi connectivity index (χ2v) is 5.42. The van der Waals surface area contributed by atoms with Crippen molar-refractivity contribution in [3.05, 3.63) is 58.9 Å². The SMILES string of the molecule is CCc1ccccc1CNCc1cn2ccsc2n1. The molecule has 0 aliphatic heterocycles. The number of benzene rings is 1. The maximum atomic E-state index is 4.57. The molecular weight excluding hydrogens is 254 g/mol. The normalized spacial score (nSPS) is 11.2. The van der Waals surface area contributed by atoms with Crippen LogP contribution < -0.4 is 5.32 Å². The molecule has 0 aliphatic rings. The molecule has 0 saturated carbocycles. The summed E-state index contributed by atoms with van der Waals surface area (Å²) in [7, 11) is 0. The number of hydrogen-bond donors (Lipinski definition) is 1. The highest BCUT2D eigenvalue weighted by Gasteiger charge is 2.03. The van der Waals surface area contributed by atoms with Crippen LogP contribution in [0.2, 0.25) is 0 Å². The van der Waals surface area contributed by atoms with Crippen molar-refractivity contribution in [2.24, 2.45) is 0 Å². The van der Waals surface area contributed by atoms with Gasteiger partial charge in [-0.1, -0.05) is 31.2 Å². The lowest BCUT2D eigenvalue weighted by atomic mass is 10.1. The maximum Gasteiger partial charge on any atom is 0.193 e. The number of nitrogens with one attached hydrogen (secondary N) is 1. The summed E-state index contributed by atoms with van der Waals surface area (Å²) in [6.07, 6.45) is 5.21. The molecule has 0 saturated heterocycles. The van der Waals surface area contributed by atoms with E-state index in [1.165, 1.54) is 11.1 Å². The number of thiazole rings is 1. The van der Waals surface area contributed by atoms with Crippen LogP contribution in [0.5, 0.6) is 0 Å². The lowest BCUT2D eigenvalue weighted by molar-refractivity contribution is 0.678. The Labute approximate surface area is 116 Å². The number of hydrogen-bond acceptors (Lipinski definition) is 3. The second kappa shape index (κ2) is 5.55. The first-order valence-corrected chi connectivity index (χ1v) is 7.43. The molecule has 0 atom stereocenters. The van der Waals surface area contributed by atoms with Gasteiger partial charge in [0.25, 0.3) is 0 Å². The van der Waals surface area contributed by atoms with Gasteiger partial charge in [-0.15, -0.1) is 11.3 Å². The van der Waals surface area contributed by atoms with E-state index in [4.69, 9.17) is 0 Å². The third kappa shape index (κ3) is 2.69. The summed E-state index contributed by atoms with van der Waals surface area (Å²) in [5, 5.41) is 5.52. The average Bonchev–Trinajstić information content (AvgIpc) is 3.00. The summed E-state index contributed by atoms with van der Waals surface area (Å²) >= 11 is 1.67. The van der Waals surface area contributed by atoms with Crippen molar-refractivity contribution >= 4 is 16.3 Å². The fraction of sp³-hybridized carbons (Fsp3) is 0.267. The fourth-order valence-corrected chi connectivity index (χ4v) is 2.98. The van der Waals surface area contributed by atoms with Gasteiger partial charge in [-0.25, -0.2) is 4.98 Å². The van der Waals surface area contributed by atoms with Crippen LogP contribution in [0.1, 0.15) is 23.7 Å². The number of rotatable bonds is 5. The largest absolute Gasteiger partial charge is 0.307 e. The van der Waals surface area contributed by atoms with Crippen LogP contribution in [0, 0.1) is 0 Å². The lowest BCUT2D eigenvalue weighted by Gasteiger charge is -2.08. The van der Waals surface area contributed by atoms with Gasteiger partial charge in [0.05, 0.1) is 5.69 Å². The van der Waals surface area contributed by atoms with Crippen molar-refractivity contribution in [1.29, 1.82) is 0 Å². The molecule has 0 spiro atoms. The third-order valence-corrected chi connectivity index (χ3v) is 4.03. The molecule has 3 nitrogen and oxygen atoms in total. The van der Waals surface area contributed by atoms with Gasteiger partial charge in [-0.3, -0.25) is 4.40 Å². The molecule has 0 bridgehead atoms. The summed E-state index contributed by atoms with van der Waals surface area (Å²) < 4.78 is 2.07. The number of nitrogens with zero attached hydrogens (tertiary/aromatic N) is 2. The van der Waals surface area contributed by atoms with E-state index in [-0.39, 0.29) is 0 Å². The molecule has 4 heteroatoms. The Bertz CT molecular complexity index is 640. The summed E-state index contributed by atoms with van der Waals surface area (Å²) in [6, 6.07) is 8.59. The van der Waals surface area contributed by atoms with E-state index in [2.05, 4.69) is 57.5 Å². The summed E-state index contributed by atoms with van der Waals surface area (Å²) in [5.41, 5.74) is 3.90. The Morgan fingerprint density at radius 2 is 2.05 bits per heavy atom. The molecule has 0 fully saturated rings. The highest BCUT2D eigenvalue weighted by Crippen LogP contribution is 2.12. The molecule has 0 aliphatic carbocycles. The quantitative estimate of drug-likeness (QED) is 0.772. The molecule has 1 N–H and O–H groups in total. The van der Waals surface area contributed by atoms with E-state index < -0.39 is 0 Å².